The Labute approximate surface area is 110 Å². The molecular formula is C12H24IOP. The fraction of sp³-hybridized carbons (Fsp3) is 0.833. The van der Waals surface area contributed by atoms with Gasteiger partial charge in [0.2, 0.25) is 0 Å². The molecule has 3 heteroatoms. The zero-order valence-electron chi connectivity index (χ0n) is 10.8. The smallest absolute Gasteiger partial charge is 0.160 e. The van der Waals surface area contributed by atoms with Crippen molar-refractivity contribution in [2.45, 2.75) is 59.3 Å². The van der Waals surface area contributed by atoms with E-state index in [4.69, 9.17) is 4.74 Å². The SMILES string of the molecule is CCO/C(I)=C(/CC)P(C(C)C)C(C)C. The van der Waals surface area contributed by atoms with Gasteiger partial charge in [0.25, 0.3) is 0 Å². The van der Waals surface area contributed by atoms with Crippen LogP contribution in [-0.2, 0) is 4.74 Å². The number of hydrogen-bond donors (Lipinski definition) is 0. The molecule has 1 nitrogen and oxygen atoms in total. The van der Waals surface area contributed by atoms with Crippen LogP contribution in [0.3, 0.4) is 0 Å². The lowest BCUT2D eigenvalue weighted by Gasteiger charge is -2.29. The fourth-order valence-corrected chi connectivity index (χ4v) is 6.45. The minimum Gasteiger partial charge on any atom is -0.488 e. The van der Waals surface area contributed by atoms with Gasteiger partial charge in [0.15, 0.2) is 3.77 Å². The lowest BCUT2D eigenvalue weighted by atomic mass is 10.5. The van der Waals surface area contributed by atoms with E-state index in [-0.39, 0.29) is 7.92 Å². The van der Waals surface area contributed by atoms with Crippen LogP contribution in [0.4, 0.5) is 0 Å². The van der Waals surface area contributed by atoms with Gasteiger partial charge in [-0.15, -0.1) is 0 Å². The van der Waals surface area contributed by atoms with Gasteiger partial charge in [-0.1, -0.05) is 42.5 Å². The molecule has 0 amide bonds. The molecule has 0 N–H and O–H groups in total. The summed E-state index contributed by atoms with van der Waals surface area (Å²) in [5.41, 5.74) is 1.50. The Kier molecular flexibility index (Phi) is 8.26. The van der Waals surface area contributed by atoms with Crippen molar-refractivity contribution in [2.75, 3.05) is 6.61 Å². The van der Waals surface area contributed by atoms with Crippen LogP contribution in [0.2, 0.25) is 0 Å². The Morgan fingerprint density at radius 2 is 1.60 bits per heavy atom. The summed E-state index contributed by atoms with van der Waals surface area (Å²) in [5, 5.41) is 1.55. The highest BCUT2D eigenvalue weighted by Crippen LogP contribution is 2.56. The largest absolute Gasteiger partial charge is 0.488 e. The Morgan fingerprint density at radius 3 is 1.87 bits per heavy atom. The minimum atomic E-state index is -0.0460. The standard InChI is InChI=1S/C12H24IOP/c1-7-11(12(13)14-8-2)15(9(3)4)10(5)6/h9-10H,7-8H2,1-6H3/b12-11-. The molecule has 0 saturated heterocycles. The molecule has 0 fully saturated rings. The molecule has 0 unspecified atom stereocenters. The lowest BCUT2D eigenvalue weighted by Crippen LogP contribution is -2.06. The van der Waals surface area contributed by atoms with Crippen LogP contribution < -0.4 is 0 Å². The molecule has 0 aliphatic carbocycles. The summed E-state index contributed by atoms with van der Waals surface area (Å²) in [4.78, 5) is 0. The summed E-state index contributed by atoms with van der Waals surface area (Å²) in [6.45, 7) is 14.4. The molecule has 0 aromatic heterocycles. The monoisotopic (exact) mass is 342 g/mol. The molecule has 0 aliphatic heterocycles. The maximum Gasteiger partial charge on any atom is 0.160 e. The van der Waals surface area contributed by atoms with Gasteiger partial charge in [0.1, 0.15) is 0 Å². The average molecular weight is 342 g/mol. The Bertz CT molecular complexity index is 204. The molecule has 0 atom stereocenters. The molecule has 15 heavy (non-hydrogen) atoms. The van der Waals surface area contributed by atoms with E-state index in [1.54, 1.807) is 5.31 Å². The topological polar surface area (TPSA) is 9.23 Å². The van der Waals surface area contributed by atoms with Gasteiger partial charge in [-0.05, 0) is 47.3 Å². The van der Waals surface area contributed by atoms with E-state index in [1.807, 2.05) is 0 Å². The Morgan fingerprint density at radius 1 is 1.13 bits per heavy atom. The van der Waals surface area contributed by atoms with Crippen molar-refractivity contribution in [3.8, 4) is 0 Å². The third-order valence-corrected chi connectivity index (χ3v) is 7.01. The second-order valence-corrected chi connectivity index (χ2v) is 8.50. The normalized spacial score (nSPS) is 13.7. The highest BCUT2D eigenvalue weighted by molar-refractivity contribution is 14.1. The number of allylic oxidation sites excluding steroid dienone is 1. The van der Waals surface area contributed by atoms with E-state index >= 15 is 0 Å². The summed E-state index contributed by atoms with van der Waals surface area (Å²) in [7, 11) is -0.0460. The van der Waals surface area contributed by atoms with Crippen molar-refractivity contribution in [3.63, 3.8) is 0 Å². The van der Waals surface area contributed by atoms with E-state index in [0.717, 1.165) is 28.1 Å². The first-order chi connectivity index (χ1) is 6.95. The quantitative estimate of drug-likeness (QED) is 0.360. The van der Waals surface area contributed by atoms with Crippen LogP contribution in [0.25, 0.3) is 0 Å². The van der Waals surface area contributed by atoms with E-state index in [2.05, 4.69) is 64.1 Å². The molecule has 0 rings (SSSR count). The molecule has 0 aliphatic rings. The van der Waals surface area contributed by atoms with Crippen molar-refractivity contribution in [2.24, 2.45) is 0 Å². The zero-order chi connectivity index (χ0) is 12.0. The van der Waals surface area contributed by atoms with Crippen molar-refractivity contribution in [3.05, 3.63) is 9.08 Å². The average Bonchev–Trinajstić information content (AvgIpc) is 2.12. The first-order valence-electron chi connectivity index (χ1n) is 5.75. The first-order valence-corrected chi connectivity index (χ1v) is 8.31. The third kappa shape index (κ3) is 5.04. The van der Waals surface area contributed by atoms with Gasteiger partial charge in [-0.25, -0.2) is 0 Å². The molecule has 0 saturated carbocycles. The lowest BCUT2D eigenvalue weighted by molar-refractivity contribution is 0.261. The van der Waals surface area contributed by atoms with Crippen molar-refractivity contribution < 1.29 is 4.74 Å². The van der Waals surface area contributed by atoms with Crippen molar-refractivity contribution in [1.82, 2.24) is 0 Å². The predicted molar refractivity (Wildman–Crippen MR) is 80.2 cm³/mol. The summed E-state index contributed by atoms with van der Waals surface area (Å²) < 4.78 is 6.80. The van der Waals surface area contributed by atoms with Gasteiger partial charge in [-0.2, -0.15) is 0 Å². The number of rotatable bonds is 6. The van der Waals surface area contributed by atoms with Crippen molar-refractivity contribution >= 4 is 30.5 Å². The molecular weight excluding hydrogens is 318 g/mol. The number of halogens is 1. The second-order valence-electron chi connectivity index (χ2n) is 4.10. The van der Waals surface area contributed by atoms with Crippen LogP contribution in [0, 0.1) is 0 Å². The predicted octanol–water partition coefficient (Wildman–Crippen LogP) is 5.34. The summed E-state index contributed by atoms with van der Waals surface area (Å²) in [6, 6.07) is 0. The zero-order valence-corrected chi connectivity index (χ0v) is 13.9. The number of hydrogen-bond acceptors (Lipinski definition) is 1. The summed E-state index contributed by atoms with van der Waals surface area (Å²) in [5.74, 6) is 0. The molecule has 90 valence electrons. The maximum atomic E-state index is 5.66. The van der Waals surface area contributed by atoms with E-state index < -0.39 is 0 Å². The molecule has 0 aromatic carbocycles. The van der Waals surface area contributed by atoms with Gasteiger partial charge >= 0.3 is 0 Å². The van der Waals surface area contributed by atoms with Gasteiger partial charge < -0.3 is 4.74 Å². The van der Waals surface area contributed by atoms with Crippen LogP contribution >= 0.6 is 30.5 Å². The maximum absolute atomic E-state index is 5.66. The summed E-state index contributed by atoms with van der Waals surface area (Å²) in [6.07, 6.45) is 1.13. The molecule has 0 radical (unpaired) electrons. The summed E-state index contributed by atoms with van der Waals surface area (Å²) >= 11 is 2.36. The van der Waals surface area contributed by atoms with Crippen LogP contribution in [0.5, 0.6) is 0 Å². The van der Waals surface area contributed by atoms with Crippen molar-refractivity contribution in [1.29, 1.82) is 0 Å². The Hall–Kier alpha value is 0.700. The van der Waals surface area contributed by atoms with E-state index in [9.17, 15) is 0 Å². The highest BCUT2D eigenvalue weighted by atomic mass is 127. The van der Waals surface area contributed by atoms with Gasteiger partial charge in [0.05, 0.1) is 6.61 Å². The number of ether oxygens (including phenoxy) is 1. The highest BCUT2D eigenvalue weighted by Gasteiger charge is 2.23. The van der Waals surface area contributed by atoms with Gasteiger partial charge in [-0.3, -0.25) is 0 Å². The third-order valence-electron chi connectivity index (χ3n) is 2.26. The van der Waals surface area contributed by atoms with Gasteiger partial charge in [0, 0.05) is 5.31 Å². The Balaban J connectivity index is 4.96. The van der Waals surface area contributed by atoms with Crippen LogP contribution in [0.15, 0.2) is 9.08 Å². The van der Waals surface area contributed by atoms with E-state index in [0.29, 0.717) is 0 Å². The minimum absolute atomic E-state index is 0.0460. The molecule has 0 aromatic rings. The first kappa shape index (κ1) is 15.7. The second kappa shape index (κ2) is 7.89. The fourth-order valence-electron chi connectivity index (χ4n) is 1.85. The molecule has 0 spiro atoms. The van der Waals surface area contributed by atoms with Crippen LogP contribution in [0.1, 0.15) is 48.0 Å². The van der Waals surface area contributed by atoms with Crippen LogP contribution in [-0.4, -0.2) is 17.9 Å². The molecule has 0 bridgehead atoms. The molecule has 0 heterocycles. The van der Waals surface area contributed by atoms with E-state index in [1.165, 1.54) is 0 Å².